The van der Waals surface area contributed by atoms with Crippen molar-refractivity contribution in [2.75, 3.05) is 26.2 Å². The summed E-state index contributed by atoms with van der Waals surface area (Å²) in [6, 6.07) is -3.33. The fourth-order valence-electron chi connectivity index (χ4n) is 4.80. The predicted molar refractivity (Wildman–Crippen MR) is 119 cm³/mol. The maximum Gasteiger partial charge on any atom is 0.246 e. The highest BCUT2D eigenvalue weighted by molar-refractivity contribution is 5.98. The van der Waals surface area contributed by atoms with Crippen molar-refractivity contribution in [2.45, 2.75) is 76.5 Å². The summed E-state index contributed by atoms with van der Waals surface area (Å²) in [5.74, 6) is -2.25. The molecular formula is C22H36N6O5. The zero-order valence-electron chi connectivity index (χ0n) is 19.5. The van der Waals surface area contributed by atoms with Crippen molar-refractivity contribution in [2.24, 2.45) is 11.7 Å². The molecule has 0 aliphatic carbocycles. The molecule has 0 aromatic rings. The number of carbonyl (C=O) groups excluding carboxylic acids is 5. The molecule has 11 nitrogen and oxygen atoms in total. The van der Waals surface area contributed by atoms with Gasteiger partial charge >= 0.3 is 0 Å². The summed E-state index contributed by atoms with van der Waals surface area (Å²) < 4.78 is 0. The van der Waals surface area contributed by atoms with E-state index in [0.717, 1.165) is 0 Å². The van der Waals surface area contributed by atoms with E-state index in [2.05, 4.69) is 16.0 Å². The van der Waals surface area contributed by atoms with Gasteiger partial charge in [-0.15, -0.1) is 0 Å². The molecule has 3 aliphatic rings. The smallest absolute Gasteiger partial charge is 0.246 e. The third-order valence-corrected chi connectivity index (χ3v) is 6.64. The Hall–Kier alpha value is -2.69. The van der Waals surface area contributed by atoms with Crippen LogP contribution in [0.3, 0.4) is 0 Å². The first kappa shape index (κ1) is 24.9. The summed E-state index contributed by atoms with van der Waals surface area (Å²) in [6.07, 6.45) is 2.69. The van der Waals surface area contributed by atoms with E-state index in [-0.39, 0.29) is 30.1 Å². The van der Waals surface area contributed by atoms with Crippen LogP contribution in [-0.4, -0.2) is 89.7 Å². The number of hydrogen-bond acceptors (Lipinski definition) is 6. The van der Waals surface area contributed by atoms with Gasteiger partial charge in [-0.1, -0.05) is 13.8 Å². The molecule has 0 radical (unpaired) electrons. The summed E-state index contributed by atoms with van der Waals surface area (Å²) in [5.41, 5.74) is 5.48. The van der Waals surface area contributed by atoms with Crippen molar-refractivity contribution in [3.63, 3.8) is 0 Å². The first-order chi connectivity index (χ1) is 15.7. The van der Waals surface area contributed by atoms with Gasteiger partial charge in [-0.05, 0) is 44.6 Å². The molecule has 3 fully saturated rings. The lowest BCUT2D eigenvalue weighted by Crippen LogP contribution is -2.58. The summed E-state index contributed by atoms with van der Waals surface area (Å²) >= 11 is 0. The van der Waals surface area contributed by atoms with E-state index in [0.29, 0.717) is 58.3 Å². The largest absolute Gasteiger partial charge is 0.354 e. The first-order valence-corrected chi connectivity index (χ1v) is 11.9. The molecular weight excluding hydrogens is 428 g/mol. The second kappa shape index (κ2) is 11.0. The molecule has 0 saturated carbocycles. The summed E-state index contributed by atoms with van der Waals surface area (Å²) in [4.78, 5) is 68.6. The van der Waals surface area contributed by atoms with Gasteiger partial charge in [-0.2, -0.15) is 0 Å². The van der Waals surface area contributed by atoms with Gasteiger partial charge in [0.15, 0.2) is 0 Å². The van der Waals surface area contributed by atoms with Gasteiger partial charge in [0.2, 0.25) is 29.5 Å². The lowest BCUT2D eigenvalue weighted by molar-refractivity contribution is -0.147. The van der Waals surface area contributed by atoms with Gasteiger partial charge in [0.1, 0.15) is 24.2 Å². The third-order valence-electron chi connectivity index (χ3n) is 6.64. The van der Waals surface area contributed by atoms with Crippen LogP contribution in [0.25, 0.3) is 0 Å². The molecule has 3 saturated heterocycles. The van der Waals surface area contributed by atoms with E-state index in [1.807, 2.05) is 0 Å². The first-order valence-electron chi connectivity index (χ1n) is 11.9. The van der Waals surface area contributed by atoms with Crippen LogP contribution < -0.4 is 21.7 Å². The quantitative estimate of drug-likeness (QED) is 0.362. The lowest BCUT2D eigenvalue weighted by atomic mass is 10.0. The fourth-order valence-corrected chi connectivity index (χ4v) is 4.80. The van der Waals surface area contributed by atoms with Crippen molar-refractivity contribution < 1.29 is 24.0 Å². The fraction of sp³-hybridized carbons (Fsp3) is 0.773. The number of nitrogens with two attached hydrogens (primary N) is 1. The molecule has 3 aliphatic heterocycles. The van der Waals surface area contributed by atoms with Crippen molar-refractivity contribution in [1.29, 1.82) is 0 Å². The molecule has 3 heterocycles. The van der Waals surface area contributed by atoms with Crippen molar-refractivity contribution in [3.8, 4) is 0 Å². The van der Waals surface area contributed by atoms with E-state index in [1.54, 1.807) is 18.7 Å². The van der Waals surface area contributed by atoms with Gasteiger partial charge in [0.25, 0.3) is 0 Å². The Morgan fingerprint density at radius 2 is 1.70 bits per heavy atom. The van der Waals surface area contributed by atoms with Crippen molar-refractivity contribution >= 4 is 29.5 Å². The van der Waals surface area contributed by atoms with Crippen LogP contribution in [0.2, 0.25) is 0 Å². The zero-order valence-corrected chi connectivity index (χ0v) is 19.5. The second-order valence-electron chi connectivity index (χ2n) is 9.36. The van der Waals surface area contributed by atoms with Crippen LogP contribution in [0, 0.1) is 5.92 Å². The summed E-state index contributed by atoms with van der Waals surface area (Å²) in [5, 5.41) is 8.17. The molecule has 11 heteroatoms. The van der Waals surface area contributed by atoms with Crippen molar-refractivity contribution in [1.82, 2.24) is 25.8 Å². The SMILES string of the molecule is CC(C)[C@@H]1NC(=O)[C@@H]2CCCN2C(=O)[C@H]2CCCN2C(=O)C[C@H](C(=O)NCCCN)NC1=O. The van der Waals surface area contributed by atoms with Gasteiger partial charge in [-0.3, -0.25) is 24.0 Å². The average Bonchev–Trinajstić information content (AvgIpc) is 3.45. The molecule has 0 spiro atoms. The highest BCUT2D eigenvalue weighted by Gasteiger charge is 2.44. The minimum absolute atomic E-state index is 0.234. The highest BCUT2D eigenvalue weighted by Crippen LogP contribution is 2.26. The maximum atomic E-state index is 13.3. The monoisotopic (exact) mass is 464 g/mol. The van der Waals surface area contributed by atoms with Gasteiger partial charge in [0, 0.05) is 19.6 Å². The predicted octanol–water partition coefficient (Wildman–Crippen LogP) is -1.54. The molecule has 0 bridgehead atoms. The van der Waals surface area contributed by atoms with Gasteiger partial charge in [0.05, 0.1) is 6.42 Å². The van der Waals surface area contributed by atoms with E-state index in [4.69, 9.17) is 5.73 Å². The zero-order chi connectivity index (χ0) is 24.1. The van der Waals surface area contributed by atoms with Crippen LogP contribution in [0.4, 0.5) is 0 Å². The number of amides is 5. The summed E-state index contributed by atoms with van der Waals surface area (Å²) in [7, 11) is 0. The van der Waals surface area contributed by atoms with Crippen molar-refractivity contribution in [3.05, 3.63) is 0 Å². The third kappa shape index (κ3) is 5.63. The van der Waals surface area contributed by atoms with Gasteiger partial charge < -0.3 is 31.5 Å². The molecule has 0 aromatic carbocycles. The number of nitrogens with one attached hydrogen (secondary N) is 3. The van der Waals surface area contributed by atoms with Crippen LogP contribution in [0.15, 0.2) is 0 Å². The highest BCUT2D eigenvalue weighted by atomic mass is 16.2. The molecule has 184 valence electrons. The molecule has 3 rings (SSSR count). The average molecular weight is 465 g/mol. The maximum absolute atomic E-state index is 13.3. The molecule has 4 atom stereocenters. The molecule has 0 aromatic heterocycles. The Labute approximate surface area is 194 Å². The van der Waals surface area contributed by atoms with Gasteiger partial charge in [-0.25, -0.2) is 0 Å². The van der Waals surface area contributed by atoms with Crippen LogP contribution in [0.5, 0.6) is 0 Å². The normalized spacial score (nSPS) is 29.0. The Bertz CT molecular complexity index is 777. The minimum Gasteiger partial charge on any atom is -0.354 e. The minimum atomic E-state index is -1.11. The Morgan fingerprint density at radius 3 is 2.36 bits per heavy atom. The second-order valence-corrected chi connectivity index (χ2v) is 9.36. The van der Waals surface area contributed by atoms with E-state index in [9.17, 15) is 24.0 Å². The number of hydrogen-bond donors (Lipinski definition) is 4. The van der Waals surface area contributed by atoms with E-state index in [1.165, 1.54) is 4.90 Å². The number of nitrogens with zero attached hydrogens (tertiary/aromatic N) is 2. The summed E-state index contributed by atoms with van der Waals surface area (Å²) in [6.45, 7) is 5.15. The number of fused-ring (bicyclic) bond motifs is 2. The molecule has 33 heavy (non-hydrogen) atoms. The number of carbonyl (C=O) groups is 5. The van der Waals surface area contributed by atoms with E-state index < -0.39 is 36.0 Å². The van der Waals surface area contributed by atoms with Crippen LogP contribution in [0.1, 0.15) is 52.4 Å². The lowest BCUT2D eigenvalue weighted by Gasteiger charge is -2.31. The Balaban J connectivity index is 1.92. The Morgan fingerprint density at radius 1 is 1.03 bits per heavy atom. The van der Waals surface area contributed by atoms with E-state index >= 15 is 0 Å². The van der Waals surface area contributed by atoms with Crippen LogP contribution >= 0.6 is 0 Å². The molecule has 0 unspecified atom stereocenters. The molecule has 5 N–H and O–H groups in total. The number of rotatable bonds is 5. The van der Waals surface area contributed by atoms with Crippen LogP contribution in [-0.2, 0) is 24.0 Å². The standard InChI is InChI=1S/C22H36N6O5/c1-13(2)18-21(32)25-14(19(30)24-9-5-8-23)12-17(29)27-10-4-7-16(27)22(33)28-11-3-6-15(28)20(31)26-18/h13-16,18H,3-12,23H2,1-2H3,(H,24,30)(H,25,32)(H,26,31)/t14-,15+,16-,18+/m1/s1. The topological polar surface area (TPSA) is 154 Å². The molecule has 5 amide bonds. The Kier molecular flexibility index (Phi) is 8.28.